The van der Waals surface area contributed by atoms with Crippen molar-refractivity contribution < 1.29 is 9.53 Å². The maximum atomic E-state index is 11.7. The molecular weight excluding hydrogens is 244 g/mol. The van der Waals surface area contributed by atoms with E-state index in [9.17, 15) is 4.79 Å². The van der Waals surface area contributed by atoms with Gasteiger partial charge < -0.3 is 4.74 Å². The molecule has 2 unspecified atom stereocenters. The fourth-order valence-electron chi connectivity index (χ4n) is 2.17. The highest BCUT2D eigenvalue weighted by atomic mass is 16.5. The molecule has 1 aliphatic rings. The maximum Gasteiger partial charge on any atom is 0.309 e. The van der Waals surface area contributed by atoms with E-state index in [1.54, 1.807) is 31.2 Å². The van der Waals surface area contributed by atoms with Gasteiger partial charge in [-0.3, -0.25) is 4.79 Å². The Balaban J connectivity index is 2.30. The van der Waals surface area contributed by atoms with Crippen LogP contribution in [0.3, 0.4) is 0 Å². The predicted octanol–water partition coefficient (Wildman–Crippen LogP) is 2.65. The SMILES string of the molecule is CCOC(=O)C1CC1(N=[N+]=[N-])c1ccc(C#N)cc1. The molecule has 6 heteroatoms. The van der Waals surface area contributed by atoms with Crippen LogP contribution in [-0.2, 0) is 15.1 Å². The molecule has 0 heterocycles. The molecule has 0 aliphatic heterocycles. The number of ether oxygens (including phenoxy) is 1. The molecule has 1 fully saturated rings. The molecule has 0 amide bonds. The van der Waals surface area contributed by atoms with Crippen LogP contribution >= 0.6 is 0 Å². The minimum Gasteiger partial charge on any atom is -0.466 e. The summed E-state index contributed by atoms with van der Waals surface area (Å²) in [6, 6.07) is 8.73. The zero-order chi connectivity index (χ0) is 13.9. The number of hydrogen-bond donors (Lipinski definition) is 0. The van der Waals surface area contributed by atoms with E-state index in [0.717, 1.165) is 5.56 Å². The Bertz CT molecular complexity index is 584. The van der Waals surface area contributed by atoms with Gasteiger partial charge in [-0.05, 0) is 36.6 Å². The van der Waals surface area contributed by atoms with Crippen molar-refractivity contribution in [2.75, 3.05) is 6.61 Å². The maximum absolute atomic E-state index is 11.7. The Kier molecular flexibility index (Phi) is 3.41. The van der Waals surface area contributed by atoms with E-state index in [4.69, 9.17) is 15.5 Å². The van der Waals surface area contributed by atoms with Crippen LogP contribution in [0.4, 0.5) is 0 Å². The third-order valence-corrected chi connectivity index (χ3v) is 3.24. The van der Waals surface area contributed by atoms with Crippen LogP contribution in [0, 0.1) is 17.2 Å². The van der Waals surface area contributed by atoms with Gasteiger partial charge >= 0.3 is 5.97 Å². The minimum absolute atomic E-state index is 0.301. The van der Waals surface area contributed by atoms with Gasteiger partial charge in [0.2, 0.25) is 0 Å². The fraction of sp³-hybridized carbons (Fsp3) is 0.385. The third kappa shape index (κ3) is 2.24. The summed E-state index contributed by atoms with van der Waals surface area (Å²) < 4.78 is 4.96. The Labute approximate surface area is 110 Å². The molecule has 0 saturated heterocycles. The molecule has 0 bridgehead atoms. The first-order chi connectivity index (χ1) is 9.17. The molecule has 0 radical (unpaired) electrons. The molecule has 6 nitrogen and oxygen atoms in total. The molecule has 1 aliphatic carbocycles. The van der Waals surface area contributed by atoms with Gasteiger partial charge in [0.25, 0.3) is 0 Å². The van der Waals surface area contributed by atoms with Gasteiger partial charge in [0.15, 0.2) is 0 Å². The van der Waals surface area contributed by atoms with E-state index in [2.05, 4.69) is 10.0 Å². The van der Waals surface area contributed by atoms with Gasteiger partial charge in [0, 0.05) is 4.91 Å². The van der Waals surface area contributed by atoms with E-state index in [1.165, 1.54) is 0 Å². The van der Waals surface area contributed by atoms with Crippen LogP contribution in [0.25, 0.3) is 10.4 Å². The van der Waals surface area contributed by atoms with Crippen molar-refractivity contribution in [3.05, 3.63) is 45.8 Å². The summed E-state index contributed by atoms with van der Waals surface area (Å²) >= 11 is 0. The smallest absolute Gasteiger partial charge is 0.309 e. The highest BCUT2D eigenvalue weighted by Crippen LogP contribution is 2.56. The Morgan fingerprint density at radius 3 is 2.84 bits per heavy atom. The van der Waals surface area contributed by atoms with Crippen LogP contribution in [0.5, 0.6) is 0 Å². The van der Waals surface area contributed by atoms with Crippen LogP contribution in [-0.4, -0.2) is 12.6 Å². The number of carbonyl (C=O) groups excluding carboxylic acids is 1. The van der Waals surface area contributed by atoms with E-state index < -0.39 is 11.5 Å². The quantitative estimate of drug-likeness (QED) is 0.358. The number of esters is 1. The van der Waals surface area contributed by atoms with Crippen molar-refractivity contribution in [1.82, 2.24) is 0 Å². The molecule has 1 aromatic rings. The topological polar surface area (TPSA) is 98.8 Å². The number of benzene rings is 1. The number of rotatable bonds is 4. The molecule has 2 rings (SSSR count). The van der Waals surface area contributed by atoms with E-state index >= 15 is 0 Å². The second kappa shape index (κ2) is 5.01. The lowest BCUT2D eigenvalue weighted by atomic mass is 10.0. The second-order valence-corrected chi connectivity index (χ2v) is 4.31. The highest BCUT2D eigenvalue weighted by Gasteiger charge is 2.60. The van der Waals surface area contributed by atoms with E-state index in [0.29, 0.717) is 18.6 Å². The summed E-state index contributed by atoms with van der Waals surface area (Å²) in [7, 11) is 0. The van der Waals surface area contributed by atoms with Crippen LogP contribution in [0.1, 0.15) is 24.5 Å². The average molecular weight is 256 g/mol. The molecule has 19 heavy (non-hydrogen) atoms. The number of azide groups is 1. The summed E-state index contributed by atoms with van der Waals surface area (Å²) in [5.41, 5.74) is 9.09. The Morgan fingerprint density at radius 1 is 1.63 bits per heavy atom. The van der Waals surface area contributed by atoms with Crippen molar-refractivity contribution in [1.29, 1.82) is 5.26 Å². The van der Waals surface area contributed by atoms with Crippen molar-refractivity contribution in [2.45, 2.75) is 18.9 Å². The van der Waals surface area contributed by atoms with Gasteiger partial charge in [-0.15, -0.1) is 0 Å². The summed E-state index contributed by atoms with van der Waals surface area (Å²) in [5.74, 6) is -0.782. The Hall–Kier alpha value is -2.51. The van der Waals surface area contributed by atoms with Gasteiger partial charge in [0.1, 0.15) is 0 Å². The van der Waals surface area contributed by atoms with Gasteiger partial charge in [-0.2, -0.15) is 5.26 Å². The monoisotopic (exact) mass is 256 g/mol. The zero-order valence-corrected chi connectivity index (χ0v) is 10.4. The molecule has 96 valence electrons. The van der Waals surface area contributed by atoms with Crippen LogP contribution < -0.4 is 0 Å². The lowest BCUT2D eigenvalue weighted by Crippen LogP contribution is -2.15. The second-order valence-electron chi connectivity index (χ2n) is 4.31. The number of carbonyl (C=O) groups is 1. The van der Waals surface area contributed by atoms with Crippen molar-refractivity contribution in [3.63, 3.8) is 0 Å². The fourth-order valence-corrected chi connectivity index (χ4v) is 2.17. The first kappa shape index (κ1) is 12.9. The van der Waals surface area contributed by atoms with Crippen LogP contribution in [0.15, 0.2) is 29.4 Å². The van der Waals surface area contributed by atoms with Gasteiger partial charge in [-0.1, -0.05) is 17.2 Å². The third-order valence-electron chi connectivity index (χ3n) is 3.24. The first-order valence-corrected chi connectivity index (χ1v) is 5.91. The van der Waals surface area contributed by atoms with Crippen LogP contribution in [0.2, 0.25) is 0 Å². The molecule has 1 aromatic carbocycles. The van der Waals surface area contributed by atoms with Gasteiger partial charge in [0.05, 0.1) is 29.7 Å². The van der Waals surface area contributed by atoms with E-state index in [-0.39, 0.29) is 5.97 Å². The number of hydrogen-bond acceptors (Lipinski definition) is 4. The summed E-state index contributed by atoms with van der Waals surface area (Å²) in [4.78, 5) is 14.6. The summed E-state index contributed by atoms with van der Waals surface area (Å²) in [6.07, 6.45) is 0.446. The molecule has 1 saturated carbocycles. The van der Waals surface area contributed by atoms with Crippen molar-refractivity contribution in [3.8, 4) is 6.07 Å². The minimum atomic E-state index is -0.852. The molecule has 0 aromatic heterocycles. The molecular formula is C13H12N4O2. The predicted molar refractivity (Wildman–Crippen MR) is 66.7 cm³/mol. The average Bonchev–Trinajstić information content (AvgIpc) is 3.15. The number of nitriles is 1. The first-order valence-electron chi connectivity index (χ1n) is 5.91. The normalized spacial score (nSPS) is 23.9. The largest absolute Gasteiger partial charge is 0.466 e. The van der Waals surface area contributed by atoms with E-state index in [1.807, 2.05) is 6.07 Å². The van der Waals surface area contributed by atoms with Gasteiger partial charge in [-0.25, -0.2) is 0 Å². The lowest BCUT2D eigenvalue weighted by Gasteiger charge is -2.11. The number of nitrogens with zero attached hydrogens (tertiary/aromatic N) is 4. The zero-order valence-electron chi connectivity index (χ0n) is 10.4. The summed E-state index contributed by atoms with van der Waals surface area (Å²) in [5, 5.41) is 12.5. The standard InChI is InChI=1S/C13H12N4O2/c1-2-19-12(18)11-7-13(11,16-17-15)10-5-3-9(8-14)4-6-10/h3-6,11H,2,7H2,1H3. The molecule has 2 atom stereocenters. The molecule has 0 N–H and O–H groups in total. The lowest BCUT2D eigenvalue weighted by molar-refractivity contribution is -0.145. The molecule has 0 spiro atoms. The summed E-state index contributed by atoms with van der Waals surface area (Å²) in [6.45, 7) is 2.03. The van der Waals surface area contributed by atoms with Crippen molar-refractivity contribution >= 4 is 5.97 Å². The van der Waals surface area contributed by atoms with Crippen molar-refractivity contribution in [2.24, 2.45) is 11.0 Å². The highest BCUT2D eigenvalue weighted by molar-refractivity contribution is 5.79. The Morgan fingerprint density at radius 2 is 2.32 bits per heavy atom.